The fraction of sp³-hybridized carbons (Fsp3) is 0.652. The molecule has 0 saturated heterocycles. The number of carbonyl (C=O) groups is 1. The van der Waals surface area contributed by atoms with Crippen LogP contribution in [0.2, 0.25) is 0 Å². The second kappa shape index (κ2) is 9.50. The van der Waals surface area contributed by atoms with Gasteiger partial charge in [-0.25, -0.2) is 4.79 Å². The summed E-state index contributed by atoms with van der Waals surface area (Å²) in [6.45, 7) is 4.50. The molecule has 4 nitrogen and oxygen atoms in total. The molecule has 1 aliphatic carbocycles. The van der Waals surface area contributed by atoms with Gasteiger partial charge in [0.25, 0.3) is 0 Å². The highest BCUT2D eigenvalue weighted by Gasteiger charge is 2.60. The van der Waals surface area contributed by atoms with Gasteiger partial charge in [0.15, 0.2) is 0 Å². The first-order valence-corrected chi connectivity index (χ1v) is 10.8. The Balaban J connectivity index is 1.49. The number of nitrogens with zero attached hydrogens (tertiary/aromatic N) is 1. The second-order valence-electron chi connectivity index (χ2n) is 8.25. The first-order chi connectivity index (χ1) is 13.2. The summed E-state index contributed by atoms with van der Waals surface area (Å²) in [6.07, 6.45) is 12.6. The fourth-order valence-corrected chi connectivity index (χ4v) is 4.54. The number of hydrogen-bond donors (Lipinski definition) is 1. The van der Waals surface area contributed by atoms with Gasteiger partial charge in [-0.1, -0.05) is 93.8 Å². The average molecular weight is 371 g/mol. The number of carbonyl (C=O) groups excluding carboxylic acids is 1. The van der Waals surface area contributed by atoms with Crippen molar-refractivity contribution in [1.82, 2.24) is 5.32 Å². The van der Waals surface area contributed by atoms with Crippen molar-refractivity contribution in [1.29, 1.82) is 0 Å². The molecule has 1 aromatic rings. The maximum atomic E-state index is 12.2. The zero-order valence-corrected chi connectivity index (χ0v) is 16.9. The Labute approximate surface area is 163 Å². The lowest BCUT2D eigenvalue weighted by molar-refractivity contribution is -0.146. The lowest BCUT2D eigenvalue weighted by Crippen LogP contribution is -2.63. The van der Waals surface area contributed by atoms with E-state index in [2.05, 4.69) is 36.5 Å². The highest BCUT2D eigenvalue weighted by molar-refractivity contribution is 6.12. The van der Waals surface area contributed by atoms with Crippen LogP contribution in [-0.2, 0) is 15.2 Å². The Morgan fingerprint density at radius 3 is 2.44 bits per heavy atom. The third-order valence-corrected chi connectivity index (χ3v) is 6.06. The Bertz CT molecular complexity index is 643. The molecular weight excluding hydrogens is 336 g/mol. The molecule has 1 N–H and O–H groups in total. The highest BCUT2D eigenvalue weighted by atomic mass is 16.7. The zero-order valence-electron chi connectivity index (χ0n) is 16.9. The lowest BCUT2D eigenvalue weighted by atomic mass is 9.61. The predicted octanol–water partition coefficient (Wildman–Crippen LogP) is 5.32. The van der Waals surface area contributed by atoms with Crippen LogP contribution in [0.3, 0.4) is 0 Å². The van der Waals surface area contributed by atoms with Crippen LogP contribution < -0.4 is 5.32 Å². The van der Waals surface area contributed by atoms with Crippen molar-refractivity contribution in [3.8, 4) is 0 Å². The molecule has 0 aromatic heterocycles. The average Bonchev–Trinajstić information content (AvgIpc) is 2.97. The van der Waals surface area contributed by atoms with Crippen LogP contribution in [0, 0.1) is 5.92 Å². The largest absolute Gasteiger partial charge is 0.346 e. The molecule has 0 bridgehead atoms. The summed E-state index contributed by atoms with van der Waals surface area (Å²) in [5, 5.41) is 7.74. The summed E-state index contributed by atoms with van der Waals surface area (Å²) >= 11 is 0. The van der Waals surface area contributed by atoms with E-state index in [0.29, 0.717) is 6.04 Å². The van der Waals surface area contributed by atoms with Gasteiger partial charge in [0.05, 0.1) is 11.3 Å². The van der Waals surface area contributed by atoms with Gasteiger partial charge in [-0.3, -0.25) is 0 Å². The van der Waals surface area contributed by atoms with Crippen LogP contribution in [0.15, 0.2) is 35.5 Å². The number of unbranched alkanes of at least 4 members (excludes halogenated alkanes) is 7. The Kier molecular flexibility index (Phi) is 7.06. The fourth-order valence-electron chi connectivity index (χ4n) is 4.54. The number of benzene rings is 1. The molecule has 3 unspecified atom stereocenters. The van der Waals surface area contributed by atoms with Crippen LogP contribution in [0.1, 0.15) is 83.6 Å². The maximum Gasteiger partial charge on any atom is 0.346 e. The van der Waals surface area contributed by atoms with Crippen molar-refractivity contribution < 1.29 is 9.63 Å². The van der Waals surface area contributed by atoms with E-state index in [1.807, 2.05) is 18.2 Å². The van der Waals surface area contributed by atoms with Crippen molar-refractivity contribution in [3.05, 3.63) is 35.9 Å². The van der Waals surface area contributed by atoms with Crippen molar-refractivity contribution in [2.24, 2.45) is 11.1 Å². The Morgan fingerprint density at radius 1 is 1.11 bits per heavy atom. The molecule has 0 radical (unpaired) electrons. The third-order valence-electron chi connectivity index (χ3n) is 6.06. The minimum Gasteiger partial charge on any atom is -0.317 e. The third kappa shape index (κ3) is 4.60. The number of rotatable bonds is 12. The molecule has 2 aliphatic rings. The summed E-state index contributed by atoms with van der Waals surface area (Å²) in [6, 6.07) is 10.7. The predicted molar refractivity (Wildman–Crippen MR) is 110 cm³/mol. The molecule has 0 amide bonds. The summed E-state index contributed by atoms with van der Waals surface area (Å²) in [5.74, 6) is -0.479. The maximum absolute atomic E-state index is 12.2. The highest BCUT2D eigenvalue weighted by Crippen LogP contribution is 2.48. The summed E-state index contributed by atoms with van der Waals surface area (Å²) in [7, 11) is 0. The monoisotopic (exact) mass is 370 g/mol. The molecule has 1 aromatic carbocycles. The molecule has 0 spiro atoms. The molecule has 1 fully saturated rings. The van der Waals surface area contributed by atoms with Gasteiger partial charge in [-0.2, -0.15) is 0 Å². The van der Waals surface area contributed by atoms with Gasteiger partial charge in [-0.05, 0) is 18.9 Å². The van der Waals surface area contributed by atoms with Crippen LogP contribution in [0.5, 0.6) is 0 Å². The van der Waals surface area contributed by atoms with E-state index in [-0.39, 0.29) is 17.4 Å². The van der Waals surface area contributed by atoms with Crippen LogP contribution >= 0.6 is 0 Å². The molecule has 3 rings (SSSR count). The molecule has 1 aliphatic heterocycles. The normalized spacial score (nSPS) is 24.7. The van der Waals surface area contributed by atoms with Gasteiger partial charge < -0.3 is 10.2 Å². The zero-order chi connectivity index (χ0) is 19.1. The molecular formula is C23H34N2O2. The van der Waals surface area contributed by atoms with E-state index in [1.54, 1.807) is 0 Å². The standard InChI is InChI=1S/C23H34N2O2/c1-3-4-5-6-7-8-9-11-14-18(2)24-23(19-15-12-10-13-16-19)17-20-21(23)22(26)27-25-20/h10,12-13,15-16,18,21,24H,3-9,11,14,17H2,1-2H3. The van der Waals surface area contributed by atoms with E-state index >= 15 is 0 Å². The minimum absolute atomic E-state index is 0.216. The smallest absolute Gasteiger partial charge is 0.317 e. The quantitative estimate of drug-likeness (QED) is 0.400. The van der Waals surface area contributed by atoms with Crippen LogP contribution in [0.25, 0.3) is 0 Å². The van der Waals surface area contributed by atoms with Gasteiger partial charge in [0, 0.05) is 12.5 Å². The van der Waals surface area contributed by atoms with Crippen LogP contribution in [0.4, 0.5) is 0 Å². The van der Waals surface area contributed by atoms with Gasteiger partial charge in [-0.15, -0.1) is 0 Å². The first-order valence-electron chi connectivity index (χ1n) is 10.8. The number of fused-ring (bicyclic) bond motifs is 1. The summed E-state index contributed by atoms with van der Waals surface area (Å²) < 4.78 is 0. The number of nitrogens with one attached hydrogen (secondary N) is 1. The van der Waals surface area contributed by atoms with E-state index in [9.17, 15) is 4.79 Å². The van der Waals surface area contributed by atoms with Gasteiger partial charge in [0.2, 0.25) is 0 Å². The van der Waals surface area contributed by atoms with Crippen molar-refractivity contribution in [2.45, 2.75) is 89.6 Å². The molecule has 1 heterocycles. The Morgan fingerprint density at radius 2 is 1.78 bits per heavy atom. The Hall–Kier alpha value is -1.68. The number of hydrogen-bond acceptors (Lipinski definition) is 4. The first kappa shape index (κ1) is 20.1. The number of oxime groups is 1. The molecule has 148 valence electrons. The van der Waals surface area contributed by atoms with E-state index in [0.717, 1.165) is 24.1 Å². The lowest BCUT2D eigenvalue weighted by Gasteiger charge is -2.48. The molecule has 4 heteroatoms. The van der Waals surface area contributed by atoms with Gasteiger partial charge >= 0.3 is 5.97 Å². The SMILES string of the molecule is CCCCCCCCCCC(C)NC1(c2ccccc2)CC2=NOC(=O)C21. The van der Waals surface area contributed by atoms with Crippen molar-refractivity contribution in [3.63, 3.8) is 0 Å². The van der Waals surface area contributed by atoms with E-state index < -0.39 is 0 Å². The van der Waals surface area contributed by atoms with Crippen molar-refractivity contribution in [2.75, 3.05) is 0 Å². The second-order valence-corrected chi connectivity index (χ2v) is 8.25. The minimum atomic E-state index is -0.354. The molecule has 1 saturated carbocycles. The van der Waals surface area contributed by atoms with Crippen LogP contribution in [-0.4, -0.2) is 17.7 Å². The summed E-state index contributed by atoms with van der Waals surface area (Å²) in [4.78, 5) is 17.2. The summed E-state index contributed by atoms with van der Waals surface area (Å²) in [5.41, 5.74) is 1.69. The molecule has 27 heavy (non-hydrogen) atoms. The van der Waals surface area contributed by atoms with Gasteiger partial charge in [0.1, 0.15) is 5.92 Å². The molecule has 3 atom stereocenters. The van der Waals surface area contributed by atoms with E-state index in [1.165, 1.54) is 51.4 Å². The van der Waals surface area contributed by atoms with Crippen molar-refractivity contribution >= 4 is 11.7 Å². The van der Waals surface area contributed by atoms with E-state index in [4.69, 9.17) is 4.84 Å². The topological polar surface area (TPSA) is 50.7 Å².